The van der Waals surface area contributed by atoms with E-state index in [0.29, 0.717) is 0 Å². The van der Waals surface area contributed by atoms with Gasteiger partial charge in [-0.05, 0) is 146 Å². The molecule has 0 aliphatic heterocycles. The lowest BCUT2D eigenvalue weighted by Gasteiger charge is -2.12. The minimum atomic E-state index is 0.731. The Bertz CT molecular complexity index is 6480. The summed E-state index contributed by atoms with van der Waals surface area (Å²) in [5, 5.41) is 16.5. The first-order valence-corrected chi connectivity index (χ1v) is 33.3. The van der Waals surface area contributed by atoms with Gasteiger partial charge < -0.3 is 9.13 Å². The van der Waals surface area contributed by atoms with Crippen molar-refractivity contribution in [1.82, 2.24) is 29.1 Å². The van der Waals surface area contributed by atoms with Gasteiger partial charge in [-0.15, -0.1) is 0 Å². The molecule has 0 amide bonds. The zero-order valence-electron chi connectivity index (χ0n) is 53.2. The Labute approximate surface area is 564 Å². The lowest BCUT2D eigenvalue weighted by atomic mass is 9.98. The van der Waals surface area contributed by atoms with Crippen LogP contribution in [0.3, 0.4) is 0 Å². The average molecular weight is 1250 g/mol. The largest absolute Gasteiger partial charge is 0.309 e. The summed E-state index contributed by atoms with van der Waals surface area (Å²) in [7, 11) is 0. The van der Waals surface area contributed by atoms with Gasteiger partial charge in [-0.3, -0.25) is 0 Å². The maximum Gasteiger partial charge on any atom is 0.160 e. The molecule has 0 fully saturated rings. The summed E-state index contributed by atoms with van der Waals surface area (Å²) in [4.78, 5) is 20.7. The summed E-state index contributed by atoms with van der Waals surface area (Å²) in [6, 6.07) is 125. The van der Waals surface area contributed by atoms with Crippen LogP contribution in [0, 0.1) is 0 Å². The summed E-state index contributed by atoms with van der Waals surface area (Å²) >= 11 is 0. The van der Waals surface area contributed by atoms with Gasteiger partial charge in [-0.25, -0.2) is 19.9 Å². The molecule has 20 aromatic rings. The Balaban J connectivity index is 0.000000137. The van der Waals surface area contributed by atoms with Crippen LogP contribution in [0.15, 0.2) is 352 Å². The SMILES string of the molecule is c1ccc(-c2nc(-c3ccc4cc(-c5ccc(-n6c7ccccc7c7ccccc76)cc5)ccc4c3)nc3c2ccc2ccccc23)cc1.c1ccc(-c2nc(-c3ccc4cc(-c5ccc6c(c5)c5ccccc5n6-c5ccccc5)ccc4c3)nc3c2ccc2ccccc23)cc1. The smallest absolute Gasteiger partial charge is 0.160 e. The predicted molar refractivity (Wildman–Crippen MR) is 410 cm³/mol. The number of nitrogens with zero attached hydrogens (tertiary/aromatic N) is 6. The van der Waals surface area contributed by atoms with Gasteiger partial charge >= 0.3 is 0 Å². The molecule has 0 saturated carbocycles. The first kappa shape index (κ1) is 56.4. The summed E-state index contributed by atoms with van der Waals surface area (Å²) in [6.45, 7) is 0. The molecule has 4 heterocycles. The molecule has 0 saturated heterocycles. The predicted octanol–water partition coefficient (Wildman–Crippen LogP) is 24.1. The van der Waals surface area contributed by atoms with E-state index in [1.807, 2.05) is 12.1 Å². The molecule has 0 unspecified atom stereocenters. The van der Waals surface area contributed by atoms with Gasteiger partial charge in [-0.2, -0.15) is 0 Å². The molecule has 16 aromatic carbocycles. The molecular weight excluding hydrogens is 1190 g/mol. The highest BCUT2D eigenvalue weighted by molar-refractivity contribution is 6.14. The van der Waals surface area contributed by atoms with Crippen molar-refractivity contribution in [2.45, 2.75) is 0 Å². The molecule has 0 aliphatic rings. The van der Waals surface area contributed by atoms with Crippen LogP contribution in [0.1, 0.15) is 0 Å². The van der Waals surface area contributed by atoms with Gasteiger partial charge in [0.25, 0.3) is 0 Å². The fraction of sp³-hybridized carbons (Fsp3) is 0. The third-order valence-corrected chi connectivity index (χ3v) is 19.5. The van der Waals surface area contributed by atoms with Crippen LogP contribution in [0.2, 0.25) is 0 Å². The van der Waals surface area contributed by atoms with E-state index in [0.717, 1.165) is 94.3 Å². The van der Waals surface area contributed by atoms with E-state index >= 15 is 0 Å². The molecular formula is C92H58N6. The Hall–Kier alpha value is -13.2. The summed E-state index contributed by atoms with van der Waals surface area (Å²) in [6.07, 6.45) is 0. The molecule has 0 atom stereocenters. The molecule has 0 spiro atoms. The number of aromatic nitrogens is 6. The van der Waals surface area contributed by atoms with E-state index in [-0.39, 0.29) is 0 Å². The van der Waals surface area contributed by atoms with Crippen molar-refractivity contribution < 1.29 is 0 Å². The Morgan fingerprint density at radius 2 is 0.500 bits per heavy atom. The van der Waals surface area contributed by atoms with E-state index < -0.39 is 0 Å². The van der Waals surface area contributed by atoms with Crippen molar-refractivity contribution in [2.75, 3.05) is 0 Å². The third kappa shape index (κ3) is 9.73. The first-order chi connectivity index (χ1) is 48.6. The van der Waals surface area contributed by atoms with Crippen molar-refractivity contribution in [3.63, 3.8) is 0 Å². The minimum absolute atomic E-state index is 0.731. The summed E-state index contributed by atoms with van der Waals surface area (Å²) in [5.41, 5.74) is 20.0. The lowest BCUT2D eigenvalue weighted by Crippen LogP contribution is -1.96. The number of benzene rings is 16. The van der Waals surface area contributed by atoms with Crippen LogP contribution in [0.5, 0.6) is 0 Å². The van der Waals surface area contributed by atoms with Crippen LogP contribution in [0.25, 0.3) is 187 Å². The first-order valence-electron chi connectivity index (χ1n) is 33.3. The van der Waals surface area contributed by atoms with Crippen LogP contribution in [0.4, 0.5) is 0 Å². The second-order valence-electron chi connectivity index (χ2n) is 25.3. The minimum Gasteiger partial charge on any atom is -0.309 e. The van der Waals surface area contributed by atoms with Gasteiger partial charge in [-0.1, -0.05) is 261 Å². The molecule has 6 nitrogen and oxygen atoms in total. The Kier molecular flexibility index (Phi) is 13.5. The number of hydrogen-bond donors (Lipinski definition) is 0. The van der Waals surface area contributed by atoms with Crippen molar-refractivity contribution >= 4 is 109 Å². The highest BCUT2D eigenvalue weighted by Crippen LogP contribution is 2.40. The number of hydrogen-bond acceptors (Lipinski definition) is 4. The van der Waals surface area contributed by atoms with E-state index in [9.17, 15) is 0 Å². The third-order valence-electron chi connectivity index (χ3n) is 19.5. The molecule has 456 valence electrons. The number of rotatable bonds is 8. The number of para-hydroxylation sites is 4. The molecule has 20 rings (SSSR count). The highest BCUT2D eigenvalue weighted by atomic mass is 15.0. The second-order valence-corrected chi connectivity index (χ2v) is 25.3. The monoisotopic (exact) mass is 1250 g/mol. The van der Waals surface area contributed by atoms with Crippen molar-refractivity contribution in [1.29, 1.82) is 0 Å². The van der Waals surface area contributed by atoms with Crippen LogP contribution >= 0.6 is 0 Å². The van der Waals surface area contributed by atoms with E-state index in [2.05, 4.69) is 349 Å². The maximum absolute atomic E-state index is 5.20. The van der Waals surface area contributed by atoms with Crippen LogP contribution in [-0.2, 0) is 0 Å². The summed E-state index contributed by atoms with van der Waals surface area (Å²) in [5.74, 6) is 1.46. The molecule has 0 bridgehead atoms. The lowest BCUT2D eigenvalue weighted by molar-refractivity contribution is 1.18. The van der Waals surface area contributed by atoms with Crippen molar-refractivity contribution in [3.8, 4) is 78.9 Å². The molecule has 0 radical (unpaired) electrons. The molecule has 98 heavy (non-hydrogen) atoms. The van der Waals surface area contributed by atoms with Crippen LogP contribution in [-0.4, -0.2) is 29.1 Å². The Morgan fingerprint density at radius 1 is 0.173 bits per heavy atom. The van der Waals surface area contributed by atoms with E-state index in [4.69, 9.17) is 19.9 Å². The van der Waals surface area contributed by atoms with Gasteiger partial charge in [0.2, 0.25) is 0 Å². The fourth-order valence-electron chi connectivity index (χ4n) is 14.8. The van der Waals surface area contributed by atoms with E-state index in [1.165, 1.54) is 93.1 Å². The van der Waals surface area contributed by atoms with Crippen molar-refractivity contribution in [2.24, 2.45) is 0 Å². The van der Waals surface area contributed by atoms with E-state index in [1.54, 1.807) is 0 Å². The molecule has 6 heteroatoms. The standard InChI is InChI=1S/2C46H29N3/c1-3-12-31(13-4-1)44-40-25-23-30-11-7-8-16-38(30)45(40)48-46(47-44)36-22-21-32-27-33(19-20-34(32)28-36)35-24-26-43-41(29-35)39-17-9-10-18-42(39)49(43)37-14-5-2-6-15-37;1-2-11-32(12-3-1)44-41-27-24-31-10-4-5-13-38(31)45(41)48-46(47-44)36-21-20-34-28-33(18-19-35(34)29-36)30-22-25-37(26-23-30)49-42-16-8-6-14-39(42)40-15-7-9-17-43(40)49/h2*1-29H. The maximum atomic E-state index is 5.20. The molecule has 4 aromatic heterocycles. The number of fused-ring (bicyclic) bond motifs is 14. The topological polar surface area (TPSA) is 61.4 Å². The van der Waals surface area contributed by atoms with Crippen molar-refractivity contribution in [3.05, 3.63) is 352 Å². The van der Waals surface area contributed by atoms with Gasteiger partial charge in [0, 0.05) is 76.7 Å². The highest BCUT2D eigenvalue weighted by Gasteiger charge is 2.19. The molecule has 0 aliphatic carbocycles. The quantitative estimate of drug-likeness (QED) is 0.142. The van der Waals surface area contributed by atoms with Gasteiger partial charge in [0.05, 0.1) is 44.5 Å². The molecule has 0 N–H and O–H groups in total. The average Bonchev–Trinajstić information content (AvgIpc) is 1.57. The normalized spacial score (nSPS) is 11.7. The second kappa shape index (κ2) is 23.4. The fourth-order valence-corrected chi connectivity index (χ4v) is 14.8. The van der Waals surface area contributed by atoms with Crippen LogP contribution < -0.4 is 0 Å². The van der Waals surface area contributed by atoms with Gasteiger partial charge in [0.15, 0.2) is 11.6 Å². The zero-order valence-corrected chi connectivity index (χ0v) is 53.2. The Morgan fingerprint density at radius 3 is 0.980 bits per heavy atom. The van der Waals surface area contributed by atoms with Gasteiger partial charge in [0.1, 0.15) is 0 Å². The summed E-state index contributed by atoms with van der Waals surface area (Å²) < 4.78 is 4.72. The zero-order chi connectivity index (χ0) is 64.6.